The van der Waals surface area contributed by atoms with Gasteiger partial charge in [0.25, 0.3) is 5.91 Å². The number of hydrogen-bond donors (Lipinski definition) is 2. The van der Waals surface area contributed by atoms with Crippen LogP contribution < -0.4 is 15.5 Å². The predicted molar refractivity (Wildman–Crippen MR) is 125 cm³/mol. The van der Waals surface area contributed by atoms with E-state index in [-0.39, 0.29) is 12.5 Å². The molecule has 4 rings (SSSR count). The number of nitrogens with one attached hydrogen (secondary N) is 2. The number of carbonyl (C=O) groups excluding carboxylic acids is 1. The number of benzene rings is 2. The number of pyridine rings is 1. The molecule has 166 valence electrons. The first-order valence-corrected chi connectivity index (χ1v) is 10.3. The molecule has 0 saturated heterocycles. The minimum atomic E-state index is -0.369. The number of aryl methyl sites for hydroxylation is 1. The summed E-state index contributed by atoms with van der Waals surface area (Å²) >= 11 is 0. The molecule has 33 heavy (non-hydrogen) atoms. The van der Waals surface area contributed by atoms with Crippen molar-refractivity contribution in [3.8, 4) is 22.9 Å². The molecule has 0 radical (unpaired) electrons. The highest BCUT2D eigenvalue weighted by molar-refractivity contribution is 5.94. The second-order valence-electron chi connectivity index (χ2n) is 7.16. The van der Waals surface area contributed by atoms with Gasteiger partial charge in [-0.1, -0.05) is 36.4 Å². The van der Waals surface area contributed by atoms with Gasteiger partial charge in [-0.15, -0.1) is 0 Å². The topological polar surface area (TPSA) is 98.3 Å². The Bertz CT molecular complexity index is 1250. The van der Waals surface area contributed by atoms with Crippen LogP contribution in [0.15, 0.2) is 79.1 Å². The van der Waals surface area contributed by atoms with E-state index in [9.17, 15) is 4.79 Å². The molecule has 1 amide bonds. The van der Waals surface area contributed by atoms with E-state index in [0.717, 1.165) is 11.1 Å². The van der Waals surface area contributed by atoms with E-state index in [4.69, 9.17) is 9.57 Å². The molecule has 2 aromatic carbocycles. The Balaban J connectivity index is 1.51. The Kier molecular flexibility index (Phi) is 6.87. The zero-order valence-corrected chi connectivity index (χ0v) is 18.3. The molecule has 2 heterocycles. The Morgan fingerprint density at radius 1 is 0.970 bits per heavy atom. The predicted octanol–water partition coefficient (Wildman–Crippen LogP) is 4.54. The molecular formula is C25H23N5O3. The molecule has 0 atom stereocenters. The van der Waals surface area contributed by atoms with E-state index in [0.29, 0.717) is 34.4 Å². The van der Waals surface area contributed by atoms with Crippen molar-refractivity contribution >= 4 is 11.9 Å². The summed E-state index contributed by atoms with van der Waals surface area (Å²) in [7, 11) is 1.75. The summed E-state index contributed by atoms with van der Waals surface area (Å²) in [5.41, 5.74) is 6.06. The van der Waals surface area contributed by atoms with Crippen LogP contribution in [-0.4, -0.2) is 27.9 Å². The lowest BCUT2D eigenvalue weighted by Crippen LogP contribution is -2.23. The van der Waals surface area contributed by atoms with Gasteiger partial charge in [-0.25, -0.2) is 20.4 Å². The number of amides is 1. The fourth-order valence-corrected chi connectivity index (χ4v) is 3.07. The third kappa shape index (κ3) is 5.50. The van der Waals surface area contributed by atoms with Crippen molar-refractivity contribution in [1.82, 2.24) is 20.4 Å². The van der Waals surface area contributed by atoms with Crippen LogP contribution in [-0.2, 0) is 11.4 Å². The summed E-state index contributed by atoms with van der Waals surface area (Å²) in [4.78, 5) is 30.9. The number of hydroxylamine groups is 1. The van der Waals surface area contributed by atoms with Crippen molar-refractivity contribution in [1.29, 1.82) is 0 Å². The summed E-state index contributed by atoms with van der Waals surface area (Å²) in [6, 6.07) is 20.2. The number of nitrogens with zero attached hydrogens (tertiary/aromatic N) is 3. The van der Waals surface area contributed by atoms with Crippen LogP contribution in [0.25, 0.3) is 11.3 Å². The number of hydrogen-bond acceptors (Lipinski definition) is 7. The molecule has 2 aromatic heterocycles. The molecule has 0 saturated carbocycles. The van der Waals surface area contributed by atoms with E-state index in [1.165, 1.54) is 0 Å². The van der Waals surface area contributed by atoms with Crippen molar-refractivity contribution < 1.29 is 14.4 Å². The normalized spacial score (nSPS) is 10.5. The van der Waals surface area contributed by atoms with Crippen molar-refractivity contribution in [2.75, 3.05) is 12.4 Å². The second-order valence-corrected chi connectivity index (χ2v) is 7.16. The monoisotopic (exact) mass is 441 g/mol. The van der Waals surface area contributed by atoms with Crippen LogP contribution in [0.2, 0.25) is 0 Å². The lowest BCUT2D eigenvalue weighted by molar-refractivity contribution is 0.0233. The fraction of sp³-hybridized carbons (Fsp3) is 0.120. The van der Waals surface area contributed by atoms with Gasteiger partial charge in [-0.3, -0.25) is 9.63 Å². The third-order valence-corrected chi connectivity index (χ3v) is 4.83. The molecule has 8 nitrogen and oxygen atoms in total. The summed E-state index contributed by atoms with van der Waals surface area (Å²) in [5, 5.41) is 2.92. The largest absolute Gasteiger partial charge is 0.438 e. The van der Waals surface area contributed by atoms with Crippen molar-refractivity contribution in [3.63, 3.8) is 0 Å². The van der Waals surface area contributed by atoms with Gasteiger partial charge >= 0.3 is 0 Å². The van der Waals surface area contributed by atoms with Gasteiger partial charge < -0.3 is 10.1 Å². The van der Waals surface area contributed by atoms with Gasteiger partial charge in [0.15, 0.2) is 0 Å². The number of carbonyl (C=O) groups is 1. The van der Waals surface area contributed by atoms with Crippen LogP contribution in [0.5, 0.6) is 11.6 Å². The van der Waals surface area contributed by atoms with Gasteiger partial charge in [0.1, 0.15) is 5.75 Å². The van der Waals surface area contributed by atoms with Crippen molar-refractivity contribution in [3.05, 3.63) is 95.8 Å². The Morgan fingerprint density at radius 2 is 1.82 bits per heavy atom. The maximum absolute atomic E-state index is 12.6. The molecule has 0 aliphatic rings. The first kappa shape index (κ1) is 21.9. The highest BCUT2D eigenvalue weighted by Gasteiger charge is 2.14. The smallest absolute Gasteiger partial charge is 0.274 e. The van der Waals surface area contributed by atoms with E-state index in [1.54, 1.807) is 37.6 Å². The molecule has 4 aromatic rings. The molecular weight excluding hydrogens is 418 g/mol. The zero-order chi connectivity index (χ0) is 23.0. The molecule has 2 N–H and O–H groups in total. The van der Waals surface area contributed by atoms with Gasteiger partial charge in [0.05, 0.1) is 17.9 Å². The van der Waals surface area contributed by atoms with Crippen molar-refractivity contribution in [2.45, 2.75) is 13.5 Å². The standard InChI is InChI=1S/C25H23N5O3/c1-17-10-11-19(23(31)30-32-16-18-7-4-3-5-8-18)15-22(17)33-24-20(9-6-13-27-24)21-12-14-28-25(26-2)29-21/h3-15H,16H2,1-2H3,(H,30,31)(H,26,28,29). The average Bonchev–Trinajstić information content (AvgIpc) is 2.86. The van der Waals surface area contributed by atoms with Crippen LogP contribution in [0.3, 0.4) is 0 Å². The van der Waals surface area contributed by atoms with E-state index in [1.807, 2.05) is 55.5 Å². The molecule has 0 bridgehead atoms. The third-order valence-electron chi connectivity index (χ3n) is 4.83. The molecule has 0 spiro atoms. The minimum absolute atomic E-state index is 0.270. The summed E-state index contributed by atoms with van der Waals surface area (Å²) in [5.74, 6) is 1.01. The lowest BCUT2D eigenvalue weighted by atomic mass is 10.1. The van der Waals surface area contributed by atoms with Gasteiger partial charge in [0.2, 0.25) is 11.8 Å². The number of anilines is 1. The van der Waals surface area contributed by atoms with E-state index in [2.05, 4.69) is 25.7 Å². The molecule has 8 heteroatoms. The molecule has 0 unspecified atom stereocenters. The van der Waals surface area contributed by atoms with Gasteiger partial charge in [-0.2, -0.15) is 0 Å². The van der Waals surface area contributed by atoms with Crippen LogP contribution in [0.1, 0.15) is 21.5 Å². The zero-order valence-electron chi connectivity index (χ0n) is 18.3. The Morgan fingerprint density at radius 3 is 2.64 bits per heavy atom. The number of rotatable bonds is 8. The number of ether oxygens (including phenoxy) is 1. The summed E-state index contributed by atoms with van der Waals surface area (Å²) < 4.78 is 6.12. The highest BCUT2D eigenvalue weighted by Crippen LogP contribution is 2.32. The SMILES string of the molecule is CNc1nccc(-c2cccnc2Oc2cc(C(=O)NOCc3ccccc3)ccc2C)n1. The first-order valence-electron chi connectivity index (χ1n) is 10.3. The quantitative estimate of drug-likeness (QED) is 0.387. The molecule has 0 aliphatic carbocycles. The maximum atomic E-state index is 12.6. The average molecular weight is 441 g/mol. The fourth-order valence-electron chi connectivity index (χ4n) is 3.07. The maximum Gasteiger partial charge on any atom is 0.274 e. The Labute approximate surface area is 191 Å². The van der Waals surface area contributed by atoms with Crippen LogP contribution in [0, 0.1) is 6.92 Å². The van der Waals surface area contributed by atoms with E-state index >= 15 is 0 Å². The molecule has 0 fully saturated rings. The van der Waals surface area contributed by atoms with Gasteiger partial charge in [0, 0.05) is 25.0 Å². The minimum Gasteiger partial charge on any atom is -0.438 e. The Hall–Kier alpha value is -4.30. The summed E-state index contributed by atoms with van der Waals surface area (Å²) in [6.45, 7) is 2.17. The van der Waals surface area contributed by atoms with Crippen LogP contribution in [0.4, 0.5) is 5.95 Å². The van der Waals surface area contributed by atoms with E-state index < -0.39 is 0 Å². The van der Waals surface area contributed by atoms with Crippen molar-refractivity contribution in [2.24, 2.45) is 0 Å². The first-order chi connectivity index (χ1) is 16.1. The number of aromatic nitrogens is 3. The second kappa shape index (κ2) is 10.3. The highest BCUT2D eigenvalue weighted by atomic mass is 16.6. The van der Waals surface area contributed by atoms with Crippen LogP contribution >= 0.6 is 0 Å². The summed E-state index contributed by atoms with van der Waals surface area (Å²) in [6.07, 6.45) is 3.30. The van der Waals surface area contributed by atoms with Gasteiger partial charge in [-0.05, 0) is 48.4 Å². The lowest BCUT2D eigenvalue weighted by Gasteiger charge is -2.13. The molecule has 0 aliphatic heterocycles.